The molecule has 382 valence electrons. The maximum absolute atomic E-state index is 14.5. The molecule has 68 heavy (non-hydrogen) atoms. The predicted molar refractivity (Wildman–Crippen MR) is 238 cm³/mol. The number of nitrogens with zero attached hydrogens (tertiary/aromatic N) is 2. The monoisotopic (exact) mass is 967 g/mol. The number of ether oxygens (including phenoxy) is 2. The van der Waals surface area contributed by atoms with Crippen molar-refractivity contribution in [3.8, 4) is 11.5 Å². The first kappa shape index (κ1) is 55.2. The molecule has 1 aromatic carbocycles. The van der Waals surface area contributed by atoms with Crippen molar-refractivity contribution < 1.29 is 78.8 Å². The third kappa shape index (κ3) is 14.6. The summed E-state index contributed by atoms with van der Waals surface area (Å²) in [5.74, 6) is -7.69. The molecule has 25 nitrogen and oxygen atoms in total. The van der Waals surface area contributed by atoms with Gasteiger partial charge in [0.15, 0.2) is 11.5 Å². The molecule has 0 aromatic heterocycles. The average Bonchev–Trinajstić information content (AvgIpc) is 3.80. The molecule has 3 heterocycles. The normalized spacial score (nSPS) is 29.5. The van der Waals surface area contributed by atoms with Crippen molar-refractivity contribution >= 4 is 41.5 Å². The molecule has 3 aliphatic heterocycles. The highest BCUT2D eigenvalue weighted by molar-refractivity contribution is 5.98. The van der Waals surface area contributed by atoms with E-state index in [1.807, 2.05) is 0 Å². The number of carbonyl (C=O) groups excluding carboxylic acids is 7. The second kappa shape index (κ2) is 24.2. The number of phenolic OH excluding ortho intramolecular Hbond substituents is 1. The minimum Gasteiger partial charge on any atom is -0.504 e. The second-order valence-electron chi connectivity index (χ2n) is 18.5. The number of alkyl carbamates (subject to hydrolysis) is 1. The van der Waals surface area contributed by atoms with Gasteiger partial charge in [-0.1, -0.05) is 13.0 Å². The Labute approximate surface area is 393 Å². The minimum atomic E-state index is -2.02. The fourth-order valence-corrected chi connectivity index (χ4v) is 8.13. The molecule has 7 amide bonds. The van der Waals surface area contributed by atoms with Crippen molar-refractivity contribution in [3.05, 3.63) is 23.8 Å². The summed E-state index contributed by atoms with van der Waals surface area (Å²) in [7, 11) is 0. The Morgan fingerprint density at radius 1 is 0.838 bits per heavy atom. The molecule has 1 unspecified atom stereocenters. The number of aliphatic hydroxyl groups is 6. The van der Waals surface area contributed by atoms with Crippen LogP contribution in [0, 0.1) is 5.92 Å². The average molecular weight is 968 g/mol. The summed E-state index contributed by atoms with van der Waals surface area (Å²) in [5.41, 5.74) is 10.5. The number of phenols is 1. The first-order valence-corrected chi connectivity index (χ1v) is 22.6. The standard InChI is InChI=1S/C43H69N9O16/c1-20-18-52-34(35(20)59)39(63)46-17-23(54)15-25(47-42(66)68-43(3,4)5)36(60)48-31(21(2)53)40(64)51-19-24(55)16-26(51)37(61)49-32(38(62)50-33(41(52)65)28(57)9-11-45)29(58)13-22-7-8-27(56)30(14-22)67-12-6-10-44/h7-8,14,20-21,23-26,28-29,31-35,53-59H,6,9-13,15-19,44-45H2,1-5H3,(H,46,63)(H,47,66)(H,48,60)(H,49,61)(H,50,62)/t20-,21+,23+,24+,25?,26-,28+,29+,31-,32-,33-,34-,35-/m0/s1. The van der Waals surface area contributed by atoms with E-state index >= 15 is 0 Å². The van der Waals surface area contributed by atoms with Crippen molar-refractivity contribution in [2.24, 2.45) is 17.4 Å². The Morgan fingerprint density at radius 2 is 1.49 bits per heavy atom. The Kier molecular flexibility index (Phi) is 19.7. The van der Waals surface area contributed by atoms with E-state index in [4.69, 9.17) is 20.9 Å². The van der Waals surface area contributed by atoms with Crippen LogP contribution in [0.4, 0.5) is 4.79 Å². The molecule has 0 radical (unpaired) electrons. The number of β-amino-alcohol motifs (C(OH)–C–C–N with tert-alkyl or cyclic N) is 1. The molecule has 0 aliphatic carbocycles. The summed E-state index contributed by atoms with van der Waals surface area (Å²) < 4.78 is 10.9. The Balaban J connectivity index is 1.83. The molecule has 1 aromatic rings. The number of rotatable bonds is 12. The second-order valence-corrected chi connectivity index (χ2v) is 18.5. The number of nitrogens with one attached hydrogen (secondary N) is 5. The van der Waals surface area contributed by atoms with Crippen LogP contribution in [0.25, 0.3) is 0 Å². The summed E-state index contributed by atoms with van der Waals surface area (Å²) in [5, 5.41) is 89.5. The van der Waals surface area contributed by atoms with Crippen molar-refractivity contribution in [3.63, 3.8) is 0 Å². The van der Waals surface area contributed by atoms with Gasteiger partial charge in [0.2, 0.25) is 35.4 Å². The van der Waals surface area contributed by atoms with Crippen LogP contribution in [0.1, 0.15) is 65.9 Å². The number of benzene rings is 1. The first-order chi connectivity index (χ1) is 31.9. The lowest BCUT2D eigenvalue weighted by Crippen LogP contribution is -2.64. The van der Waals surface area contributed by atoms with Crippen molar-refractivity contribution in [2.45, 2.75) is 145 Å². The largest absolute Gasteiger partial charge is 0.504 e. The highest BCUT2D eigenvalue weighted by atomic mass is 16.6. The van der Waals surface area contributed by atoms with E-state index in [-0.39, 0.29) is 49.7 Å². The lowest BCUT2D eigenvalue weighted by atomic mass is 9.98. The van der Waals surface area contributed by atoms with Gasteiger partial charge in [-0.3, -0.25) is 28.8 Å². The summed E-state index contributed by atoms with van der Waals surface area (Å²) in [6.45, 7) is 6.08. The third-order valence-electron chi connectivity index (χ3n) is 11.7. The maximum Gasteiger partial charge on any atom is 0.408 e. The molecule has 3 saturated heterocycles. The van der Waals surface area contributed by atoms with Crippen LogP contribution in [0.5, 0.6) is 11.5 Å². The van der Waals surface area contributed by atoms with Crippen LogP contribution >= 0.6 is 0 Å². The fraction of sp³-hybridized carbons (Fsp3) is 0.698. The van der Waals surface area contributed by atoms with Gasteiger partial charge < -0.3 is 93.1 Å². The lowest BCUT2D eigenvalue weighted by Gasteiger charge is -2.34. The highest BCUT2D eigenvalue weighted by Gasteiger charge is 2.49. The topological polar surface area (TPSA) is 398 Å². The van der Waals surface area contributed by atoms with Gasteiger partial charge in [-0.25, -0.2) is 4.79 Å². The van der Waals surface area contributed by atoms with Crippen LogP contribution in [0.2, 0.25) is 0 Å². The third-order valence-corrected chi connectivity index (χ3v) is 11.7. The van der Waals surface area contributed by atoms with E-state index in [0.717, 1.165) is 16.7 Å². The van der Waals surface area contributed by atoms with Gasteiger partial charge in [-0.2, -0.15) is 0 Å². The van der Waals surface area contributed by atoms with Crippen molar-refractivity contribution in [1.29, 1.82) is 0 Å². The molecule has 0 spiro atoms. The highest BCUT2D eigenvalue weighted by Crippen LogP contribution is 2.29. The smallest absolute Gasteiger partial charge is 0.408 e. The molecule has 3 fully saturated rings. The zero-order valence-corrected chi connectivity index (χ0v) is 38.9. The quantitative estimate of drug-likeness (QED) is 0.0869. The molecular formula is C43H69N9O16. The first-order valence-electron chi connectivity index (χ1n) is 22.6. The van der Waals surface area contributed by atoms with Gasteiger partial charge >= 0.3 is 6.09 Å². The molecule has 4 rings (SSSR count). The van der Waals surface area contributed by atoms with E-state index < -0.39 is 158 Å². The summed E-state index contributed by atoms with van der Waals surface area (Å²) in [6, 6.07) is -6.75. The molecule has 0 saturated carbocycles. The number of hydrogen-bond acceptors (Lipinski definition) is 18. The molecule has 16 N–H and O–H groups in total. The number of aliphatic hydroxyl groups excluding tert-OH is 6. The number of aromatic hydroxyl groups is 1. The molecule has 25 heteroatoms. The number of hydrogen-bond donors (Lipinski definition) is 14. The number of fused-ring (bicyclic) bond motifs is 2. The van der Waals surface area contributed by atoms with Crippen LogP contribution in [-0.2, 0) is 39.9 Å². The lowest BCUT2D eigenvalue weighted by molar-refractivity contribution is -0.147. The fourth-order valence-electron chi connectivity index (χ4n) is 8.13. The van der Waals surface area contributed by atoms with Gasteiger partial charge in [0.1, 0.15) is 41.9 Å². The van der Waals surface area contributed by atoms with E-state index in [9.17, 15) is 69.3 Å². The Hall–Kier alpha value is -5.41. The summed E-state index contributed by atoms with van der Waals surface area (Å²) >= 11 is 0. The van der Waals surface area contributed by atoms with Gasteiger partial charge in [-0.05, 0) is 71.3 Å². The van der Waals surface area contributed by atoms with E-state index in [0.29, 0.717) is 6.42 Å². The van der Waals surface area contributed by atoms with E-state index in [1.165, 1.54) is 25.1 Å². The minimum absolute atomic E-state index is 0.00930. The number of carbonyl (C=O) groups is 7. The van der Waals surface area contributed by atoms with Gasteiger partial charge in [0.25, 0.3) is 0 Å². The molecule has 0 bridgehead atoms. The zero-order chi connectivity index (χ0) is 50.8. The Bertz CT molecular complexity index is 1950. The molecular weight excluding hydrogens is 899 g/mol. The molecule has 3 aliphatic rings. The van der Waals surface area contributed by atoms with Gasteiger partial charge in [-0.15, -0.1) is 0 Å². The molecule has 13 atom stereocenters. The van der Waals surface area contributed by atoms with Crippen molar-refractivity contribution in [1.82, 2.24) is 36.4 Å². The van der Waals surface area contributed by atoms with E-state index in [1.54, 1.807) is 20.8 Å². The van der Waals surface area contributed by atoms with Crippen LogP contribution in [-0.4, -0.2) is 205 Å². The SMILES string of the molecule is C[C@@H](O)[C@@H]1NC(=O)C(NC(=O)OC(C)(C)C)C[C@@H](O)CNC(=O)[C@@H]2[C@@H](O)[C@@H](C)CN2C(=O)[C@H]([C@H](O)CCN)NC(=O)[C@H]([C@H](O)Cc2ccc(O)c(OCCCN)c2)NC(=O)[C@@H]2C[C@@H](O)CN2C1=O. The number of amides is 7. The zero-order valence-electron chi connectivity index (χ0n) is 38.9. The Morgan fingerprint density at radius 3 is 2.12 bits per heavy atom. The van der Waals surface area contributed by atoms with Gasteiger partial charge in [0.05, 0.1) is 43.2 Å². The summed E-state index contributed by atoms with van der Waals surface area (Å²) in [4.78, 5) is 100. The van der Waals surface area contributed by atoms with Crippen LogP contribution in [0.15, 0.2) is 18.2 Å². The van der Waals surface area contributed by atoms with Crippen LogP contribution in [0.3, 0.4) is 0 Å². The van der Waals surface area contributed by atoms with Gasteiger partial charge in [0, 0.05) is 44.8 Å². The van der Waals surface area contributed by atoms with Crippen molar-refractivity contribution in [2.75, 3.05) is 39.3 Å². The van der Waals surface area contributed by atoms with E-state index in [2.05, 4.69) is 26.6 Å². The number of nitrogens with two attached hydrogens (primary N) is 2. The summed E-state index contributed by atoms with van der Waals surface area (Å²) in [6.07, 6.45) is -12.3. The predicted octanol–water partition coefficient (Wildman–Crippen LogP) is -5.49. The van der Waals surface area contributed by atoms with Crippen LogP contribution < -0.4 is 42.8 Å². The maximum atomic E-state index is 14.5.